The second-order valence-electron chi connectivity index (χ2n) is 3.00. The Morgan fingerprint density at radius 2 is 2.23 bits per heavy atom. The molecule has 3 rings (SSSR count). The third-order valence-corrected chi connectivity index (χ3v) is 2.22. The van der Waals surface area contributed by atoms with Crippen molar-refractivity contribution in [2.45, 2.75) is 0 Å². The molecule has 0 aromatic carbocycles. The van der Waals surface area contributed by atoms with Crippen LogP contribution in [-0.2, 0) is 0 Å². The Bertz CT molecular complexity index is 518. The minimum atomic E-state index is 0.942. The zero-order valence-corrected chi connectivity index (χ0v) is 6.91. The van der Waals surface area contributed by atoms with E-state index < -0.39 is 0 Å². The lowest BCUT2D eigenvalue weighted by molar-refractivity contribution is -0.375. The topological polar surface area (TPSA) is 42.8 Å². The summed E-state index contributed by atoms with van der Waals surface area (Å²) >= 11 is 0. The van der Waals surface area contributed by atoms with Crippen LogP contribution in [0.1, 0.15) is 0 Å². The fraction of sp³-hybridized carbons (Fsp3) is 0. The van der Waals surface area contributed by atoms with E-state index >= 15 is 0 Å². The van der Waals surface area contributed by atoms with Crippen molar-refractivity contribution in [1.29, 1.82) is 0 Å². The van der Waals surface area contributed by atoms with Crippen LogP contribution in [-0.4, -0.2) is 9.97 Å². The number of fused-ring (bicyclic) bond motifs is 3. The van der Waals surface area contributed by atoms with Gasteiger partial charge in [0.1, 0.15) is 5.65 Å². The Morgan fingerprint density at radius 1 is 1.23 bits per heavy atom. The molecule has 0 saturated heterocycles. The summed E-state index contributed by atoms with van der Waals surface area (Å²) in [5.41, 5.74) is 2.06. The van der Waals surface area contributed by atoms with E-state index in [1.54, 1.807) is 6.20 Å². The van der Waals surface area contributed by atoms with E-state index in [0.29, 0.717) is 0 Å². The summed E-state index contributed by atoms with van der Waals surface area (Å²) in [4.78, 5) is 10.6. The van der Waals surface area contributed by atoms with Crippen molar-refractivity contribution < 1.29 is 4.98 Å². The molecule has 0 aliphatic rings. The maximum atomic E-state index is 4.25. The average molecular weight is 170 g/mol. The molecule has 3 nitrogen and oxygen atoms in total. The first kappa shape index (κ1) is 6.60. The summed E-state index contributed by atoms with van der Waals surface area (Å²) in [5, 5.41) is 2.35. The Labute approximate surface area is 74.4 Å². The third-order valence-electron chi connectivity index (χ3n) is 2.22. The highest BCUT2D eigenvalue weighted by Crippen LogP contribution is 2.20. The first-order valence-electron chi connectivity index (χ1n) is 4.18. The zero-order chi connectivity index (χ0) is 8.67. The lowest BCUT2D eigenvalue weighted by Crippen LogP contribution is -1.96. The van der Waals surface area contributed by atoms with Gasteiger partial charge < -0.3 is 4.98 Å². The van der Waals surface area contributed by atoms with Crippen molar-refractivity contribution >= 4 is 21.9 Å². The predicted octanol–water partition coefficient (Wildman–Crippen LogP) is 1.53. The zero-order valence-electron chi connectivity index (χ0n) is 6.91. The molecule has 0 unspecified atom stereocenters. The SMILES string of the molecule is c1cnc2[nH]c3cc[nH+]cc3c2c1. The molecule has 3 aromatic heterocycles. The van der Waals surface area contributed by atoms with Crippen molar-refractivity contribution in [3.63, 3.8) is 0 Å². The number of rotatable bonds is 0. The van der Waals surface area contributed by atoms with E-state index in [2.05, 4.69) is 21.0 Å². The molecule has 0 spiro atoms. The fourth-order valence-electron chi connectivity index (χ4n) is 1.61. The van der Waals surface area contributed by atoms with Crippen LogP contribution in [0.4, 0.5) is 0 Å². The summed E-state index contributed by atoms with van der Waals surface area (Å²) in [5.74, 6) is 0. The molecule has 0 aliphatic heterocycles. The number of H-pyrrole nitrogens is 2. The number of pyridine rings is 2. The number of hydrogen-bond acceptors (Lipinski definition) is 1. The lowest BCUT2D eigenvalue weighted by atomic mass is 10.2. The number of hydrogen-bond donors (Lipinski definition) is 1. The molecule has 0 saturated carbocycles. The highest BCUT2D eigenvalue weighted by molar-refractivity contribution is 6.04. The molecule has 0 atom stereocenters. The van der Waals surface area contributed by atoms with Gasteiger partial charge in [0.15, 0.2) is 12.4 Å². The molecule has 3 heterocycles. The fourth-order valence-corrected chi connectivity index (χ4v) is 1.61. The molecule has 0 aliphatic carbocycles. The van der Waals surface area contributed by atoms with Crippen LogP contribution in [0.2, 0.25) is 0 Å². The van der Waals surface area contributed by atoms with Crippen molar-refractivity contribution in [2.75, 3.05) is 0 Å². The first-order chi connectivity index (χ1) is 6.45. The number of nitrogens with one attached hydrogen (secondary N) is 2. The van der Waals surface area contributed by atoms with Crippen LogP contribution in [0.5, 0.6) is 0 Å². The van der Waals surface area contributed by atoms with Gasteiger partial charge in [0.2, 0.25) is 0 Å². The maximum Gasteiger partial charge on any atom is 0.177 e. The number of nitrogens with zero attached hydrogens (tertiary/aromatic N) is 1. The standard InChI is InChI=1S/C10H7N3/c1-2-7-8-6-11-5-3-9(8)13-10(7)12-4-1/h1-6H,(H,12,13)/p+1. The first-order valence-corrected chi connectivity index (χ1v) is 4.18. The predicted molar refractivity (Wildman–Crippen MR) is 50.2 cm³/mol. The molecule has 0 amide bonds. The normalized spacial score (nSPS) is 11.1. The van der Waals surface area contributed by atoms with Crippen molar-refractivity contribution in [3.8, 4) is 0 Å². The van der Waals surface area contributed by atoms with Crippen molar-refractivity contribution in [3.05, 3.63) is 36.8 Å². The van der Waals surface area contributed by atoms with E-state index in [1.807, 2.05) is 24.5 Å². The molecular weight excluding hydrogens is 162 g/mol. The Kier molecular flexibility index (Phi) is 1.16. The Morgan fingerprint density at radius 3 is 3.23 bits per heavy atom. The van der Waals surface area contributed by atoms with Gasteiger partial charge in [0, 0.05) is 17.6 Å². The van der Waals surface area contributed by atoms with Crippen LogP contribution in [0.25, 0.3) is 21.9 Å². The molecule has 3 aromatic rings. The third kappa shape index (κ3) is 0.839. The second kappa shape index (κ2) is 2.29. The van der Waals surface area contributed by atoms with Crippen LogP contribution in [0.15, 0.2) is 36.8 Å². The molecule has 13 heavy (non-hydrogen) atoms. The van der Waals surface area contributed by atoms with E-state index in [9.17, 15) is 0 Å². The van der Waals surface area contributed by atoms with E-state index in [1.165, 1.54) is 5.39 Å². The van der Waals surface area contributed by atoms with Gasteiger partial charge in [-0.1, -0.05) is 0 Å². The quantitative estimate of drug-likeness (QED) is 0.546. The number of aromatic amines is 2. The monoisotopic (exact) mass is 170 g/mol. The molecule has 3 heteroatoms. The maximum absolute atomic E-state index is 4.25. The molecule has 2 N–H and O–H groups in total. The highest BCUT2D eigenvalue weighted by atomic mass is 14.8. The number of aromatic nitrogens is 3. The van der Waals surface area contributed by atoms with Crippen LogP contribution >= 0.6 is 0 Å². The molecule has 62 valence electrons. The summed E-state index contributed by atoms with van der Waals surface area (Å²) in [7, 11) is 0. The smallest absolute Gasteiger partial charge is 0.177 e. The van der Waals surface area contributed by atoms with E-state index in [0.717, 1.165) is 16.6 Å². The van der Waals surface area contributed by atoms with Gasteiger partial charge in [-0.25, -0.2) is 9.97 Å². The van der Waals surface area contributed by atoms with Crippen molar-refractivity contribution in [2.24, 2.45) is 0 Å². The van der Waals surface area contributed by atoms with Gasteiger partial charge >= 0.3 is 0 Å². The van der Waals surface area contributed by atoms with Crippen LogP contribution in [0.3, 0.4) is 0 Å². The highest BCUT2D eigenvalue weighted by Gasteiger charge is 2.04. The van der Waals surface area contributed by atoms with Gasteiger partial charge in [-0.3, -0.25) is 0 Å². The largest absolute Gasteiger partial charge is 0.339 e. The van der Waals surface area contributed by atoms with Crippen LogP contribution in [0, 0.1) is 0 Å². The van der Waals surface area contributed by atoms with Gasteiger partial charge in [-0.15, -0.1) is 0 Å². The summed E-state index contributed by atoms with van der Waals surface area (Å²) in [6.45, 7) is 0. The van der Waals surface area contributed by atoms with Crippen molar-refractivity contribution in [1.82, 2.24) is 9.97 Å². The average Bonchev–Trinajstić information content (AvgIpc) is 2.56. The minimum Gasteiger partial charge on any atom is -0.339 e. The Hall–Kier alpha value is -1.90. The van der Waals surface area contributed by atoms with E-state index in [-0.39, 0.29) is 0 Å². The minimum absolute atomic E-state index is 0.942. The van der Waals surface area contributed by atoms with E-state index in [4.69, 9.17) is 0 Å². The summed E-state index contributed by atoms with van der Waals surface area (Å²) in [6.07, 6.45) is 5.68. The molecule has 0 radical (unpaired) electrons. The lowest BCUT2D eigenvalue weighted by Gasteiger charge is -1.84. The second-order valence-corrected chi connectivity index (χ2v) is 3.00. The van der Waals surface area contributed by atoms with Gasteiger partial charge in [-0.05, 0) is 12.1 Å². The molecular formula is C10H8N3+. The van der Waals surface area contributed by atoms with Gasteiger partial charge in [-0.2, -0.15) is 0 Å². The molecule has 0 fully saturated rings. The summed E-state index contributed by atoms with van der Waals surface area (Å²) in [6, 6.07) is 6.02. The molecule has 0 bridgehead atoms. The van der Waals surface area contributed by atoms with Crippen LogP contribution < -0.4 is 4.98 Å². The van der Waals surface area contributed by atoms with Gasteiger partial charge in [0.05, 0.1) is 10.9 Å². The van der Waals surface area contributed by atoms with Gasteiger partial charge in [0.25, 0.3) is 0 Å². The Balaban J connectivity index is 2.64. The summed E-state index contributed by atoms with van der Waals surface area (Å²) < 4.78 is 0.